The summed E-state index contributed by atoms with van der Waals surface area (Å²) in [6.45, 7) is 0. The molecule has 43 heavy (non-hydrogen) atoms. The van der Waals surface area contributed by atoms with Crippen LogP contribution in [0.5, 0.6) is 5.75 Å². The van der Waals surface area contributed by atoms with Crippen molar-refractivity contribution in [3.63, 3.8) is 0 Å². The van der Waals surface area contributed by atoms with E-state index in [1.54, 1.807) is 29.0 Å². The highest BCUT2D eigenvalue weighted by molar-refractivity contribution is 6.38. The average Bonchev–Trinajstić information content (AvgIpc) is 3.70. The number of carbonyl (C=O) groups is 1. The molecule has 4 aromatic rings. The number of piperidine rings is 1. The van der Waals surface area contributed by atoms with E-state index in [0.29, 0.717) is 28.6 Å². The van der Waals surface area contributed by atoms with Crippen LogP contribution in [0.1, 0.15) is 61.6 Å². The number of carbonyl (C=O) groups excluding carboxylic acids is 1. The minimum Gasteiger partial charge on any atom is -0.494 e. The van der Waals surface area contributed by atoms with E-state index in [0.717, 1.165) is 67.2 Å². The smallest absolute Gasteiger partial charge is 0.289 e. The molecule has 2 bridgehead atoms. The molecule has 220 valence electrons. The quantitative estimate of drug-likeness (QED) is 0.226. The molecule has 1 saturated carbocycles. The number of fused-ring (bicyclic) bond motifs is 3. The van der Waals surface area contributed by atoms with Crippen molar-refractivity contribution in [2.45, 2.75) is 62.4 Å². The number of rotatable bonds is 6. The highest BCUT2D eigenvalue weighted by atomic mass is 19.1. The SMILES string of the molecule is COc1ccc(-c2ccc(-c3cnn4c(N)c(C5CC5)c(C5CC6CCC(C5)N6C(=O)C(N)=NC=N)nc34)cn2)cc1F. The van der Waals surface area contributed by atoms with Crippen molar-refractivity contribution in [2.24, 2.45) is 10.7 Å². The van der Waals surface area contributed by atoms with Crippen LogP contribution in [-0.4, -0.2) is 61.8 Å². The Kier molecular flexibility index (Phi) is 6.55. The predicted octanol–water partition coefficient (Wildman–Crippen LogP) is 4.27. The number of pyridine rings is 1. The van der Waals surface area contributed by atoms with Crippen LogP contribution in [0.4, 0.5) is 10.2 Å². The summed E-state index contributed by atoms with van der Waals surface area (Å²) in [6, 6.07) is 8.61. The van der Waals surface area contributed by atoms with Crippen LogP contribution in [0.25, 0.3) is 28.0 Å². The summed E-state index contributed by atoms with van der Waals surface area (Å²) in [5, 5.41) is 11.8. The summed E-state index contributed by atoms with van der Waals surface area (Å²) < 4.78 is 21.0. The molecule has 2 aliphatic heterocycles. The highest BCUT2D eigenvalue weighted by Crippen LogP contribution is 2.50. The first kappa shape index (κ1) is 27.0. The lowest BCUT2D eigenvalue weighted by molar-refractivity contribution is -0.128. The molecule has 5 heterocycles. The maximum Gasteiger partial charge on any atom is 0.289 e. The lowest BCUT2D eigenvalue weighted by Gasteiger charge is -2.39. The Morgan fingerprint density at radius 3 is 2.47 bits per heavy atom. The number of amides is 1. The van der Waals surface area contributed by atoms with Gasteiger partial charge in [0, 0.05) is 46.5 Å². The number of aromatic nitrogens is 4. The Hall–Kier alpha value is -4.87. The molecule has 1 aromatic carbocycles. The van der Waals surface area contributed by atoms with Crippen molar-refractivity contribution in [1.29, 1.82) is 5.41 Å². The first-order chi connectivity index (χ1) is 20.9. The average molecular weight is 582 g/mol. The molecule has 12 heteroatoms. The maximum atomic E-state index is 14.3. The summed E-state index contributed by atoms with van der Waals surface area (Å²) in [4.78, 5) is 28.4. The Bertz CT molecular complexity index is 1770. The fraction of sp³-hybridized carbons (Fsp3) is 0.355. The van der Waals surface area contributed by atoms with Crippen molar-refractivity contribution in [3.05, 3.63) is 59.8 Å². The van der Waals surface area contributed by atoms with Gasteiger partial charge in [-0.15, -0.1) is 0 Å². The van der Waals surface area contributed by atoms with Gasteiger partial charge in [-0.05, 0) is 68.7 Å². The molecular formula is C31H32FN9O2. The number of nitrogen functional groups attached to an aromatic ring is 1. The molecule has 3 fully saturated rings. The van der Waals surface area contributed by atoms with E-state index in [2.05, 4.69) is 15.1 Å². The van der Waals surface area contributed by atoms with Crippen LogP contribution < -0.4 is 16.2 Å². The van der Waals surface area contributed by atoms with Gasteiger partial charge in [-0.1, -0.05) is 6.07 Å². The van der Waals surface area contributed by atoms with E-state index < -0.39 is 5.82 Å². The Morgan fingerprint density at radius 2 is 1.84 bits per heavy atom. The number of hydrogen-bond donors (Lipinski definition) is 3. The molecule has 3 aromatic heterocycles. The molecule has 2 unspecified atom stereocenters. The second-order valence-electron chi connectivity index (χ2n) is 11.6. The van der Waals surface area contributed by atoms with Crippen molar-refractivity contribution in [2.75, 3.05) is 12.8 Å². The Balaban J connectivity index is 1.23. The van der Waals surface area contributed by atoms with Crippen LogP contribution in [-0.2, 0) is 4.79 Å². The van der Waals surface area contributed by atoms with E-state index >= 15 is 0 Å². The monoisotopic (exact) mass is 581 g/mol. The van der Waals surface area contributed by atoms with E-state index in [1.165, 1.54) is 13.2 Å². The Morgan fingerprint density at radius 1 is 1.09 bits per heavy atom. The van der Waals surface area contributed by atoms with Crippen LogP contribution in [0, 0.1) is 11.2 Å². The number of amidine groups is 1. The number of hydrogen-bond acceptors (Lipinski definition) is 7. The minimum absolute atomic E-state index is 0.0333. The molecule has 1 amide bonds. The van der Waals surface area contributed by atoms with E-state index in [4.69, 9.17) is 26.6 Å². The molecule has 3 aliphatic rings. The first-order valence-corrected chi connectivity index (χ1v) is 14.5. The fourth-order valence-corrected chi connectivity index (χ4v) is 6.89. The third kappa shape index (κ3) is 4.57. The topological polar surface area (TPSA) is 161 Å². The zero-order valence-electron chi connectivity index (χ0n) is 23.7. The molecule has 0 radical (unpaired) electrons. The molecule has 0 spiro atoms. The largest absolute Gasteiger partial charge is 0.494 e. The third-order valence-electron chi connectivity index (χ3n) is 9.03. The zero-order valence-corrected chi connectivity index (χ0v) is 23.7. The summed E-state index contributed by atoms with van der Waals surface area (Å²) in [5.74, 6) is 0.401. The second-order valence-corrected chi connectivity index (χ2v) is 11.6. The molecule has 2 atom stereocenters. The van der Waals surface area contributed by atoms with Gasteiger partial charge < -0.3 is 21.1 Å². The van der Waals surface area contributed by atoms with Crippen LogP contribution in [0.3, 0.4) is 0 Å². The number of nitrogens with one attached hydrogen (secondary N) is 1. The van der Waals surface area contributed by atoms with Crippen LogP contribution >= 0.6 is 0 Å². The lowest BCUT2D eigenvalue weighted by Crippen LogP contribution is -2.50. The second kappa shape index (κ2) is 10.4. The molecule has 1 aliphatic carbocycles. The van der Waals surface area contributed by atoms with Gasteiger partial charge >= 0.3 is 0 Å². The van der Waals surface area contributed by atoms with Gasteiger partial charge in [-0.2, -0.15) is 9.61 Å². The predicted molar refractivity (Wildman–Crippen MR) is 161 cm³/mol. The van der Waals surface area contributed by atoms with Crippen LogP contribution in [0.2, 0.25) is 0 Å². The minimum atomic E-state index is -0.446. The zero-order chi connectivity index (χ0) is 29.8. The number of anilines is 1. The highest BCUT2D eigenvalue weighted by Gasteiger charge is 2.46. The van der Waals surface area contributed by atoms with Crippen molar-refractivity contribution in [3.8, 4) is 28.1 Å². The van der Waals surface area contributed by atoms with Gasteiger partial charge in [0.15, 0.2) is 23.0 Å². The summed E-state index contributed by atoms with van der Waals surface area (Å²) >= 11 is 0. The number of nitrogens with two attached hydrogens (primary N) is 2. The van der Waals surface area contributed by atoms with Crippen molar-refractivity contribution < 1.29 is 13.9 Å². The van der Waals surface area contributed by atoms with Gasteiger partial charge in [0.2, 0.25) is 0 Å². The fourth-order valence-electron chi connectivity index (χ4n) is 6.89. The van der Waals surface area contributed by atoms with Gasteiger partial charge in [-0.3, -0.25) is 15.2 Å². The van der Waals surface area contributed by atoms with Gasteiger partial charge in [0.1, 0.15) is 12.2 Å². The molecular weight excluding hydrogens is 549 g/mol. The molecule has 2 saturated heterocycles. The number of aliphatic imine (C=N–C) groups is 1. The van der Waals surface area contributed by atoms with Crippen molar-refractivity contribution in [1.82, 2.24) is 24.5 Å². The van der Waals surface area contributed by atoms with Gasteiger partial charge in [-0.25, -0.2) is 14.4 Å². The van der Waals surface area contributed by atoms with E-state index in [-0.39, 0.29) is 35.5 Å². The summed E-state index contributed by atoms with van der Waals surface area (Å²) in [6.07, 6.45) is 9.76. The van der Waals surface area contributed by atoms with Gasteiger partial charge in [0.25, 0.3) is 5.91 Å². The number of halogens is 1. The molecule has 5 N–H and O–H groups in total. The third-order valence-corrected chi connectivity index (χ3v) is 9.03. The van der Waals surface area contributed by atoms with E-state index in [9.17, 15) is 9.18 Å². The van der Waals surface area contributed by atoms with Gasteiger partial charge in [0.05, 0.1) is 24.7 Å². The van der Waals surface area contributed by atoms with Crippen LogP contribution in [0.15, 0.2) is 47.7 Å². The first-order valence-electron chi connectivity index (χ1n) is 14.5. The number of benzene rings is 1. The number of ether oxygens (including phenoxy) is 1. The number of methoxy groups -OCH3 is 1. The summed E-state index contributed by atoms with van der Waals surface area (Å²) in [5.41, 5.74) is 18.3. The number of nitrogens with zero attached hydrogens (tertiary/aromatic N) is 6. The van der Waals surface area contributed by atoms with Crippen molar-refractivity contribution >= 4 is 29.5 Å². The summed E-state index contributed by atoms with van der Waals surface area (Å²) in [7, 11) is 1.43. The van der Waals surface area contributed by atoms with E-state index in [1.807, 2.05) is 17.0 Å². The standard InChI is InChI=1S/C31H32FN9O2/c1-43-25-9-5-17(12-23(25)32)24-8-4-18(13-36-24)22-14-38-41-29(35)26(16-2-3-16)27(39-30(22)41)19-10-20-6-7-21(11-19)40(20)31(42)28(34)37-15-33/h4-5,8-9,12-16,19-21H,2-3,6-7,10-11,35H2,1H3,(H3,33,34,37). The Labute approximate surface area is 247 Å². The molecule has 11 nitrogen and oxygen atoms in total. The lowest BCUT2D eigenvalue weighted by atomic mass is 9.85. The maximum absolute atomic E-state index is 14.3. The normalized spacial score (nSPS) is 21.8. The molecule has 7 rings (SSSR count).